The summed E-state index contributed by atoms with van der Waals surface area (Å²) >= 11 is 0. The standard InChI is InChI=1S/C24H21N5O4.CH4O3S/c1-27(2)12-13-28-19-10-11-20(29(31)32)23-21(19)22(26-28)17-14-16(8-9-18(17)25-23)33-24(30)15-6-4-3-5-7-15;1-5(2,3)4/h3-11,14,25H,12-13H2,1-2H3;1H3,(H,2,3,4). The van der Waals surface area contributed by atoms with Gasteiger partial charge in [-0.25, -0.2) is 4.79 Å². The van der Waals surface area contributed by atoms with Crippen LogP contribution in [-0.2, 0) is 16.7 Å². The Morgan fingerprint density at radius 2 is 1.84 bits per heavy atom. The number of fused-ring (bicyclic) bond motifs is 2. The monoisotopic (exact) mass is 539 g/mol. The molecule has 5 rings (SSSR count). The van der Waals surface area contributed by atoms with Crippen molar-refractivity contribution in [2.24, 2.45) is 0 Å². The van der Waals surface area contributed by atoms with Crippen LogP contribution in [0.25, 0.3) is 22.2 Å². The van der Waals surface area contributed by atoms with Crippen molar-refractivity contribution < 1.29 is 27.4 Å². The first-order valence-corrected chi connectivity index (χ1v) is 13.2. The molecule has 4 aromatic rings. The van der Waals surface area contributed by atoms with Crippen molar-refractivity contribution in [3.63, 3.8) is 0 Å². The molecule has 2 N–H and O–H groups in total. The van der Waals surface area contributed by atoms with E-state index in [1.807, 2.05) is 29.7 Å². The molecule has 0 aliphatic carbocycles. The van der Waals surface area contributed by atoms with Crippen molar-refractivity contribution >= 4 is 44.1 Å². The SMILES string of the molecule is CN(C)CCn1nc2c3c(c([N+](=O)[O-])ccc31)Nc1ccc(OC(=O)c3ccccc3)cc1-2.CS(=O)(=O)O. The number of nitro groups is 1. The average Bonchev–Trinajstić information content (AvgIpc) is 3.22. The Bertz CT molecular complexity index is 1630. The van der Waals surface area contributed by atoms with E-state index in [1.165, 1.54) is 6.07 Å². The largest absolute Gasteiger partial charge is 0.423 e. The molecule has 0 fully saturated rings. The second-order valence-corrected chi connectivity index (χ2v) is 10.3. The number of hydrogen-bond donors (Lipinski definition) is 2. The first-order chi connectivity index (χ1) is 17.9. The summed E-state index contributed by atoms with van der Waals surface area (Å²) in [7, 11) is 0.288. The van der Waals surface area contributed by atoms with Crippen LogP contribution in [0.4, 0.5) is 17.1 Å². The summed E-state index contributed by atoms with van der Waals surface area (Å²) in [5.74, 6) is -0.0914. The molecule has 1 aliphatic rings. The number of esters is 1. The molecule has 1 aromatic heterocycles. The summed E-state index contributed by atoms with van der Waals surface area (Å²) in [6, 6.07) is 17.1. The van der Waals surface area contributed by atoms with Gasteiger partial charge in [-0.3, -0.25) is 19.3 Å². The minimum absolute atomic E-state index is 0.0128. The molecule has 3 aromatic carbocycles. The van der Waals surface area contributed by atoms with E-state index >= 15 is 0 Å². The number of rotatable bonds is 6. The Kier molecular flexibility index (Phi) is 7.44. The predicted octanol–water partition coefficient (Wildman–Crippen LogP) is 3.95. The van der Waals surface area contributed by atoms with Gasteiger partial charge < -0.3 is 15.0 Å². The first kappa shape index (κ1) is 26.7. The molecule has 198 valence electrons. The third kappa shape index (κ3) is 5.96. The van der Waals surface area contributed by atoms with Crippen LogP contribution in [0, 0.1) is 10.1 Å². The van der Waals surface area contributed by atoms with Crippen LogP contribution < -0.4 is 10.1 Å². The van der Waals surface area contributed by atoms with E-state index in [9.17, 15) is 23.3 Å². The number of hydrogen-bond acceptors (Lipinski definition) is 9. The highest BCUT2D eigenvalue weighted by Gasteiger charge is 2.29. The lowest BCUT2D eigenvalue weighted by Crippen LogP contribution is -2.18. The van der Waals surface area contributed by atoms with Gasteiger partial charge in [-0.1, -0.05) is 18.2 Å². The highest BCUT2D eigenvalue weighted by Crippen LogP contribution is 2.48. The van der Waals surface area contributed by atoms with E-state index in [2.05, 4.69) is 5.32 Å². The van der Waals surface area contributed by atoms with E-state index in [0.29, 0.717) is 46.6 Å². The van der Waals surface area contributed by atoms with Gasteiger partial charge in [-0.05, 0) is 50.5 Å². The molecule has 0 bridgehead atoms. The van der Waals surface area contributed by atoms with Gasteiger partial charge in [-0.2, -0.15) is 13.5 Å². The molecule has 0 radical (unpaired) electrons. The van der Waals surface area contributed by atoms with Gasteiger partial charge >= 0.3 is 5.97 Å². The number of nitrogens with one attached hydrogen (secondary N) is 1. The first-order valence-electron chi connectivity index (χ1n) is 11.4. The van der Waals surface area contributed by atoms with E-state index in [4.69, 9.17) is 14.4 Å². The molecule has 0 saturated carbocycles. The van der Waals surface area contributed by atoms with Crippen LogP contribution in [0.1, 0.15) is 10.4 Å². The molecule has 13 heteroatoms. The molecule has 0 saturated heterocycles. The second-order valence-electron chi connectivity index (χ2n) is 8.81. The van der Waals surface area contributed by atoms with Crippen LogP contribution in [0.3, 0.4) is 0 Å². The smallest absolute Gasteiger partial charge is 0.343 e. The van der Waals surface area contributed by atoms with Crippen LogP contribution >= 0.6 is 0 Å². The van der Waals surface area contributed by atoms with Crippen molar-refractivity contribution in [1.29, 1.82) is 0 Å². The highest BCUT2D eigenvalue weighted by atomic mass is 32.2. The summed E-state index contributed by atoms with van der Waals surface area (Å²) in [5.41, 5.74) is 3.66. The number of carbonyl (C=O) groups excluding carboxylic acids is 1. The predicted molar refractivity (Wildman–Crippen MR) is 143 cm³/mol. The quantitative estimate of drug-likeness (QED) is 0.106. The van der Waals surface area contributed by atoms with Crippen molar-refractivity contribution in [2.75, 3.05) is 32.2 Å². The van der Waals surface area contributed by atoms with Crippen LogP contribution in [-0.4, -0.2) is 65.4 Å². The van der Waals surface area contributed by atoms with E-state index in [1.54, 1.807) is 48.5 Å². The zero-order valence-corrected chi connectivity index (χ0v) is 21.6. The molecular weight excluding hydrogens is 514 g/mol. The zero-order chi connectivity index (χ0) is 27.6. The van der Waals surface area contributed by atoms with Crippen LogP contribution in [0.15, 0.2) is 60.7 Å². The lowest BCUT2D eigenvalue weighted by Gasteiger charge is -2.18. The van der Waals surface area contributed by atoms with Crippen molar-refractivity contribution in [3.8, 4) is 17.0 Å². The van der Waals surface area contributed by atoms with Gasteiger partial charge in [0.05, 0.1) is 34.2 Å². The average molecular weight is 540 g/mol. The van der Waals surface area contributed by atoms with Crippen molar-refractivity contribution in [3.05, 3.63) is 76.3 Å². The molecule has 0 spiro atoms. The number of anilines is 2. The van der Waals surface area contributed by atoms with Crippen LogP contribution in [0.5, 0.6) is 5.75 Å². The second kappa shape index (κ2) is 10.6. The minimum atomic E-state index is -3.67. The van der Waals surface area contributed by atoms with Crippen LogP contribution in [0.2, 0.25) is 0 Å². The number of likely N-dealkylation sites (N-methyl/N-ethyl adjacent to an activating group) is 1. The molecule has 38 heavy (non-hydrogen) atoms. The third-order valence-corrected chi connectivity index (χ3v) is 5.58. The summed E-state index contributed by atoms with van der Waals surface area (Å²) in [4.78, 5) is 25.8. The van der Waals surface area contributed by atoms with Gasteiger partial charge in [0.1, 0.15) is 17.1 Å². The minimum Gasteiger partial charge on any atom is -0.423 e. The molecule has 1 aliphatic heterocycles. The number of aromatic nitrogens is 2. The summed E-state index contributed by atoms with van der Waals surface area (Å²) < 4.78 is 33.3. The zero-order valence-electron chi connectivity index (χ0n) is 20.8. The number of nitrogens with zero attached hydrogens (tertiary/aromatic N) is 4. The normalized spacial score (nSPS) is 11.8. The fourth-order valence-corrected chi connectivity index (χ4v) is 3.96. The number of ether oxygens (including phenoxy) is 1. The lowest BCUT2D eigenvalue weighted by molar-refractivity contribution is -0.383. The summed E-state index contributed by atoms with van der Waals surface area (Å²) in [6.45, 7) is 1.39. The Morgan fingerprint density at radius 1 is 1.16 bits per heavy atom. The number of nitro benzene ring substituents is 1. The molecule has 0 amide bonds. The molecular formula is C25H25N5O7S. The maximum absolute atomic E-state index is 12.5. The fourth-order valence-electron chi connectivity index (χ4n) is 3.96. The van der Waals surface area contributed by atoms with Gasteiger partial charge in [0.15, 0.2) is 0 Å². The maximum Gasteiger partial charge on any atom is 0.343 e. The maximum atomic E-state index is 12.5. The number of benzene rings is 3. The molecule has 0 unspecified atom stereocenters. The lowest BCUT2D eigenvalue weighted by atomic mass is 9.99. The summed E-state index contributed by atoms with van der Waals surface area (Å²) in [6.07, 6.45) is 0.715. The highest BCUT2D eigenvalue weighted by molar-refractivity contribution is 7.85. The van der Waals surface area contributed by atoms with Gasteiger partial charge in [0.25, 0.3) is 15.8 Å². The molecule has 12 nitrogen and oxygen atoms in total. The van der Waals surface area contributed by atoms with E-state index in [0.717, 1.165) is 17.6 Å². The Hall–Kier alpha value is -4.33. The van der Waals surface area contributed by atoms with Crippen molar-refractivity contribution in [1.82, 2.24) is 14.7 Å². The third-order valence-electron chi connectivity index (χ3n) is 5.58. The fraction of sp³-hybridized carbons (Fsp3) is 0.200. The van der Waals surface area contributed by atoms with Gasteiger partial charge in [0.2, 0.25) is 0 Å². The van der Waals surface area contributed by atoms with E-state index < -0.39 is 21.0 Å². The Morgan fingerprint density at radius 3 is 2.47 bits per heavy atom. The molecule has 0 atom stereocenters. The van der Waals surface area contributed by atoms with E-state index in [-0.39, 0.29) is 5.69 Å². The molecule has 2 heterocycles. The number of carbonyl (C=O) groups is 1. The topological polar surface area (TPSA) is 157 Å². The van der Waals surface area contributed by atoms with Crippen molar-refractivity contribution in [2.45, 2.75) is 6.54 Å². The Balaban J connectivity index is 0.000000617. The van der Waals surface area contributed by atoms with Gasteiger partial charge in [-0.15, -0.1) is 0 Å². The summed E-state index contributed by atoms with van der Waals surface area (Å²) in [5, 5.41) is 20.4. The Labute approximate surface area is 218 Å². The van der Waals surface area contributed by atoms with Gasteiger partial charge in [0, 0.05) is 23.9 Å².